The highest BCUT2D eigenvalue weighted by atomic mass is 19.4. The fourth-order valence-electron chi connectivity index (χ4n) is 2.29. The maximum Gasteiger partial charge on any atom is 0.416 e. The molecule has 2 aromatic carbocycles. The van der Waals surface area contributed by atoms with Crippen molar-refractivity contribution in [2.75, 3.05) is 0 Å². The number of alkyl halides is 3. The van der Waals surface area contributed by atoms with Crippen molar-refractivity contribution in [1.29, 1.82) is 0 Å². The van der Waals surface area contributed by atoms with Gasteiger partial charge in [0, 0.05) is 5.92 Å². The zero-order valence-corrected chi connectivity index (χ0v) is 10.9. The van der Waals surface area contributed by atoms with Crippen LogP contribution in [-0.2, 0) is 6.18 Å². The summed E-state index contributed by atoms with van der Waals surface area (Å²) in [6, 6.07) is 14.2. The second kappa shape index (κ2) is 5.67. The quantitative estimate of drug-likeness (QED) is 0.892. The lowest BCUT2D eigenvalue weighted by molar-refractivity contribution is -0.137. The highest BCUT2D eigenvalue weighted by Gasteiger charge is 2.30. The molecule has 0 fully saturated rings. The van der Waals surface area contributed by atoms with Gasteiger partial charge in [-0.05, 0) is 30.2 Å². The summed E-state index contributed by atoms with van der Waals surface area (Å²) in [6.07, 6.45) is -5.03. The Bertz CT molecular complexity index is 544. The summed E-state index contributed by atoms with van der Waals surface area (Å²) in [5.41, 5.74) is 0.861. The van der Waals surface area contributed by atoms with E-state index in [1.165, 1.54) is 12.1 Å². The molecule has 0 heterocycles. The molecule has 0 aliphatic carbocycles. The third kappa shape index (κ3) is 3.20. The van der Waals surface area contributed by atoms with Crippen molar-refractivity contribution >= 4 is 0 Å². The minimum atomic E-state index is -4.34. The number of rotatable bonds is 3. The largest absolute Gasteiger partial charge is 0.416 e. The van der Waals surface area contributed by atoms with Gasteiger partial charge in [0.25, 0.3) is 0 Å². The molecule has 4 heteroatoms. The van der Waals surface area contributed by atoms with E-state index in [2.05, 4.69) is 0 Å². The van der Waals surface area contributed by atoms with Gasteiger partial charge in [-0.15, -0.1) is 0 Å². The Labute approximate surface area is 115 Å². The molecule has 2 rings (SSSR count). The first-order chi connectivity index (χ1) is 9.39. The summed E-state index contributed by atoms with van der Waals surface area (Å²) < 4.78 is 37.7. The third-order valence-corrected chi connectivity index (χ3v) is 3.24. The van der Waals surface area contributed by atoms with E-state index in [1.807, 2.05) is 30.3 Å². The van der Waals surface area contributed by atoms with Gasteiger partial charge in [0.2, 0.25) is 0 Å². The fraction of sp³-hybridized carbons (Fsp3) is 0.250. The van der Waals surface area contributed by atoms with Crippen LogP contribution in [0, 0.1) is 0 Å². The lowest BCUT2D eigenvalue weighted by Crippen LogP contribution is -2.16. The van der Waals surface area contributed by atoms with Gasteiger partial charge in [-0.25, -0.2) is 0 Å². The Morgan fingerprint density at radius 3 is 1.80 bits per heavy atom. The maximum absolute atomic E-state index is 12.6. The van der Waals surface area contributed by atoms with Crippen LogP contribution >= 0.6 is 0 Å². The number of hydrogen-bond acceptors (Lipinski definition) is 1. The van der Waals surface area contributed by atoms with Gasteiger partial charge in [0.05, 0.1) is 11.7 Å². The summed E-state index contributed by atoms with van der Waals surface area (Å²) >= 11 is 0. The minimum Gasteiger partial charge on any atom is -0.392 e. The van der Waals surface area contributed by atoms with Crippen molar-refractivity contribution in [3.8, 4) is 0 Å². The standard InChI is InChI=1S/C16H15F3O/c1-11(20)15(12-5-3-2-4-6-12)13-7-9-14(10-8-13)16(17,18)19/h2-11,15,20H,1H3. The van der Waals surface area contributed by atoms with E-state index in [0.717, 1.165) is 17.7 Å². The first kappa shape index (κ1) is 14.6. The molecule has 2 unspecified atom stereocenters. The van der Waals surface area contributed by atoms with Crippen LogP contribution in [0.25, 0.3) is 0 Å². The van der Waals surface area contributed by atoms with E-state index >= 15 is 0 Å². The van der Waals surface area contributed by atoms with E-state index in [9.17, 15) is 18.3 Å². The van der Waals surface area contributed by atoms with E-state index in [0.29, 0.717) is 5.56 Å². The monoisotopic (exact) mass is 280 g/mol. The SMILES string of the molecule is CC(O)C(c1ccccc1)c1ccc(C(F)(F)F)cc1. The summed E-state index contributed by atoms with van der Waals surface area (Å²) in [4.78, 5) is 0. The van der Waals surface area contributed by atoms with Crippen LogP contribution in [0.15, 0.2) is 54.6 Å². The molecule has 0 amide bonds. The average molecular weight is 280 g/mol. The molecule has 2 atom stereocenters. The summed E-state index contributed by atoms with van der Waals surface area (Å²) in [7, 11) is 0. The van der Waals surface area contributed by atoms with Crippen molar-refractivity contribution in [3.63, 3.8) is 0 Å². The molecule has 2 aromatic rings. The van der Waals surface area contributed by atoms with Gasteiger partial charge in [0.1, 0.15) is 0 Å². The molecular formula is C16H15F3O. The average Bonchev–Trinajstić information content (AvgIpc) is 2.39. The molecule has 0 aliphatic heterocycles. The molecule has 0 saturated carbocycles. The highest BCUT2D eigenvalue weighted by molar-refractivity contribution is 5.35. The van der Waals surface area contributed by atoms with Crippen molar-refractivity contribution < 1.29 is 18.3 Å². The number of aliphatic hydroxyl groups excluding tert-OH is 1. The molecular weight excluding hydrogens is 265 g/mol. The highest BCUT2D eigenvalue weighted by Crippen LogP contribution is 2.32. The van der Waals surface area contributed by atoms with Gasteiger partial charge < -0.3 is 5.11 Å². The molecule has 0 bridgehead atoms. The summed E-state index contributed by atoms with van der Waals surface area (Å²) in [6.45, 7) is 1.63. The van der Waals surface area contributed by atoms with Crippen molar-refractivity contribution in [1.82, 2.24) is 0 Å². The molecule has 0 spiro atoms. The normalized spacial score (nSPS) is 14.8. The van der Waals surface area contributed by atoms with E-state index in [-0.39, 0.29) is 5.92 Å². The van der Waals surface area contributed by atoms with Crippen LogP contribution in [0.3, 0.4) is 0 Å². The van der Waals surface area contributed by atoms with Crippen LogP contribution in [0.2, 0.25) is 0 Å². The molecule has 1 nitrogen and oxygen atoms in total. The molecule has 0 radical (unpaired) electrons. The van der Waals surface area contributed by atoms with Crippen LogP contribution in [-0.4, -0.2) is 11.2 Å². The van der Waals surface area contributed by atoms with E-state index < -0.39 is 17.8 Å². The smallest absolute Gasteiger partial charge is 0.392 e. The van der Waals surface area contributed by atoms with E-state index in [4.69, 9.17) is 0 Å². The fourth-order valence-corrected chi connectivity index (χ4v) is 2.29. The van der Waals surface area contributed by atoms with Crippen LogP contribution in [0.5, 0.6) is 0 Å². The van der Waals surface area contributed by atoms with Crippen molar-refractivity contribution in [2.24, 2.45) is 0 Å². The Morgan fingerprint density at radius 2 is 1.35 bits per heavy atom. The molecule has 106 valence electrons. The summed E-state index contributed by atoms with van der Waals surface area (Å²) in [5.74, 6) is -0.335. The number of halogens is 3. The molecule has 1 N–H and O–H groups in total. The van der Waals surface area contributed by atoms with Gasteiger partial charge >= 0.3 is 6.18 Å². The van der Waals surface area contributed by atoms with Gasteiger partial charge in [-0.2, -0.15) is 13.2 Å². The molecule has 0 aromatic heterocycles. The third-order valence-electron chi connectivity index (χ3n) is 3.24. The molecule has 0 saturated heterocycles. The predicted octanol–water partition coefficient (Wildman–Crippen LogP) is 4.22. The topological polar surface area (TPSA) is 20.2 Å². The van der Waals surface area contributed by atoms with Gasteiger partial charge in [0.15, 0.2) is 0 Å². The maximum atomic E-state index is 12.6. The zero-order chi connectivity index (χ0) is 14.8. The van der Waals surface area contributed by atoms with E-state index in [1.54, 1.807) is 6.92 Å². The van der Waals surface area contributed by atoms with Crippen molar-refractivity contribution in [3.05, 3.63) is 71.3 Å². The Hall–Kier alpha value is -1.81. The predicted molar refractivity (Wildman–Crippen MR) is 71.4 cm³/mol. The van der Waals surface area contributed by atoms with Crippen molar-refractivity contribution in [2.45, 2.75) is 25.1 Å². The Morgan fingerprint density at radius 1 is 0.850 bits per heavy atom. The van der Waals surface area contributed by atoms with Crippen LogP contribution in [0.4, 0.5) is 13.2 Å². The first-order valence-electron chi connectivity index (χ1n) is 6.30. The molecule has 20 heavy (non-hydrogen) atoms. The lowest BCUT2D eigenvalue weighted by Gasteiger charge is -2.21. The van der Waals surface area contributed by atoms with Crippen LogP contribution in [0.1, 0.15) is 29.5 Å². The first-order valence-corrected chi connectivity index (χ1v) is 6.30. The Kier molecular flexibility index (Phi) is 4.14. The molecule has 0 aliphatic rings. The number of benzene rings is 2. The number of aliphatic hydroxyl groups is 1. The zero-order valence-electron chi connectivity index (χ0n) is 10.9. The second-order valence-corrected chi connectivity index (χ2v) is 4.75. The number of hydrogen-bond donors (Lipinski definition) is 1. The second-order valence-electron chi connectivity index (χ2n) is 4.75. The van der Waals surface area contributed by atoms with Gasteiger partial charge in [-0.3, -0.25) is 0 Å². The van der Waals surface area contributed by atoms with Crippen LogP contribution < -0.4 is 0 Å². The Balaban J connectivity index is 2.37. The summed E-state index contributed by atoms with van der Waals surface area (Å²) in [5, 5.41) is 9.93. The minimum absolute atomic E-state index is 0.335. The van der Waals surface area contributed by atoms with Gasteiger partial charge in [-0.1, -0.05) is 42.5 Å². The lowest BCUT2D eigenvalue weighted by atomic mass is 9.87.